The Hall–Kier alpha value is -1.10. The summed E-state index contributed by atoms with van der Waals surface area (Å²) in [6.45, 7) is 4.34. The van der Waals surface area contributed by atoms with Crippen LogP contribution in [0.15, 0.2) is 16.7 Å². The van der Waals surface area contributed by atoms with Crippen molar-refractivity contribution in [2.75, 3.05) is 11.1 Å². The first-order chi connectivity index (χ1) is 9.43. The van der Waals surface area contributed by atoms with Crippen molar-refractivity contribution in [2.24, 2.45) is 11.3 Å². The zero-order valence-corrected chi connectivity index (χ0v) is 13.7. The number of nitrogens with two attached hydrogens (primary N) is 1. The number of carbonyl (C=O) groups is 1. The lowest BCUT2D eigenvalue weighted by Crippen LogP contribution is -2.35. The monoisotopic (exact) mass is 339 g/mol. The van der Waals surface area contributed by atoms with Crippen molar-refractivity contribution in [1.29, 1.82) is 0 Å². The second-order valence-corrected chi connectivity index (χ2v) is 6.99. The maximum absolute atomic E-state index is 12.7. The van der Waals surface area contributed by atoms with Crippen LogP contribution in [-0.4, -0.2) is 10.9 Å². The van der Waals surface area contributed by atoms with Gasteiger partial charge in [0.2, 0.25) is 5.91 Å². The number of carbonyl (C=O) groups excluding carboxylic acids is 1. The second kappa shape index (κ2) is 6.12. The number of nitrogen functional groups attached to an aromatic ring is 1. The Morgan fingerprint density at radius 2 is 2.15 bits per heavy atom. The molecule has 1 aromatic heterocycles. The number of pyridine rings is 1. The molecule has 1 heterocycles. The molecule has 1 aliphatic carbocycles. The predicted molar refractivity (Wildman–Crippen MR) is 85.3 cm³/mol. The number of rotatable bonds is 4. The first-order valence-corrected chi connectivity index (χ1v) is 7.95. The highest BCUT2D eigenvalue weighted by Crippen LogP contribution is 2.44. The van der Waals surface area contributed by atoms with E-state index in [2.05, 4.69) is 40.1 Å². The van der Waals surface area contributed by atoms with Crippen LogP contribution in [0.3, 0.4) is 0 Å². The molecule has 1 amide bonds. The summed E-state index contributed by atoms with van der Waals surface area (Å²) < 4.78 is 0.726. The lowest BCUT2D eigenvalue weighted by atomic mass is 9.77. The van der Waals surface area contributed by atoms with Gasteiger partial charge in [0.15, 0.2) is 0 Å². The lowest BCUT2D eigenvalue weighted by Gasteiger charge is -2.29. The van der Waals surface area contributed by atoms with E-state index in [9.17, 15) is 4.79 Å². The fraction of sp³-hybridized carbons (Fsp3) is 0.600. The number of halogens is 1. The molecular formula is C15H22BrN3O. The van der Waals surface area contributed by atoms with Gasteiger partial charge in [0.1, 0.15) is 5.82 Å². The van der Waals surface area contributed by atoms with Crippen LogP contribution in [-0.2, 0) is 4.79 Å². The Labute approximate surface area is 128 Å². The molecule has 3 N–H and O–H groups in total. The van der Waals surface area contributed by atoms with Gasteiger partial charge in [-0.1, -0.05) is 26.7 Å². The smallest absolute Gasteiger partial charge is 0.231 e. The molecule has 1 aliphatic rings. The minimum absolute atomic E-state index is 0.0988. The van der Waals surface area contributed by atoms with Crippen molar-refractivity contribution in [3.05, 3.63) is 16.7 Å². The summed E-state index contributed by atoms with van der Waals surface area (Å²) in [5.41, 5.74) is 6.02. The minimum Gasteiger partial charge on any atom is -0.397 e. The van der Waals surface area contributed by atoms with Crippen molar-refractivity contribution in [3.63, 3.8) is 0 Å². The van der Waals surface area contributed by atoms with E-state index in [-0.39, 0.29) is 11.3 Å². The predicted octanol–water partition coefficient (Wildman–Crippen LogP) is 3.97. The standard InChI is InChI=1S/C15H22BrN3O/c1-10(2)8-15(5-3-4-6-15)14(20)19-13-12(16)7-11(17)9-18-13/h7,9-10H,3-6,8,17H2,1-2H3,(H,18,19,20). The van der Waals surface area contributed by atoms with Crippen LogP contribution < -0.4 is 11.1 Å². The Morgan fingerprint density at radius 1 is 1.50 bits per heavy atom. The quantitative estimate of drug-likeness (QED) is 0.871. The van der Waals surface area contributed by atoms with Crippen molar-refractivity contribution in [1.82, 2.24) is 4.98 Å². The molecule has 20 heavy (non-hydrogen) atoms. The molecular weight excluding hydrogens is 318 g/mol. The zero-order valence-electron chi connectivity index (χ0n) is 12.1. The van der Waals surface area contributed by atoms with E-state index in [4.69, 9.17) is 5.73 Å². The summed E-state index contributed by atoms with van der Waals surface area (Å²) in [4.78, 5) is 16.9. The highest BCUT2D eigenvalue weighted by Gasteiger charge is 2.41. The Bertz CT molecular complexity index is 496. The molecule has 1 saturated carbocycles. The number of hydrogen-bond donors (Lipinski definition) is 2. The van der Waals surface area contributed by atoms with E-state index in [1.54, 1.807) is 12.3 Å². The Kier molecular flexibility index (Phi) is 4.68. The number of nitrogens with one attached hydrogen (secondary N) is 1. The molecule has 0 aromatic carbocycles. The Morgan fingerprint density at radius 3 is 2.70 bits per heavy atom. The van der Waals surface area contributed by atoms with Crippen LogP contribution in [0.4, 0.5) is 11.5 Å². The van der Waals surface area contributed by atoms with Crippen LogP contribution in [0.2, 0.25) is 0 Å². The minimum atomic E-state index is -0.226. The third-order valence-electron chi connectivity index (χ3n) is 3.94. The molecule has 0 spiro atoms. The third kappa shape index (κ3) is 3.32. The van der Waals surface area contributed by atoms with E-state index in [1.165, 1.54) is 0 Å². The van der Waals surface area contributed by atoms with Crippen molar-refractivity contribution in [3.8, 4) is 0 Å². The molecule has 0 aliphatic heterocycles. The van der Waals surface area contributed by atoms with E-state index in [1.807, 2.05) is 0 Å². The fourth-order valence-corrected chi connectivity index (χ4v) is 3.61. The van der Waals surface area contributed by atoms with Crippen LogP contribution in [0.25, 0.3) is 0 Å². The lowest BCUT2D eigenvalue weighted by molar-refractivity contribution is -0.126. The highest BCUT2D eigenvalue weighted by molar-refractivity contribution is 9.10. The molecule has 1 aromatic rings. The summed E-state index contributed by atoms with van der Waals surface area (Å²) in [5, 5.41) is 2.97. The van der Waals surface area contributed by atoms with Gasteiger partial charge in [-0.25, -0.2) is 4.98 Å². The average Bonchev–Trinajstić information content (AvgIpc) is 2.81. The first-order valence-electron chi connectivity index (χ1n) is 7.15. The number of amides is 1. The average molecular weight is 340 g/mol. The summed E-state index contributed by atoms with van der Waals surface area (Å²) in [6.07, 6.45) is 6.72. The molecule has 0 unspecified atom stereocenters. The second-order valence-electron chi connectivity index (χ2n) is 6.14. The normalized spacial score (nSPS) is 17.4. The van der Waals surface area contributed by atoms with E-state index >= 15 is 0 Å². The van der Waals surface area contributed by atoms with Gasteiger partial charge in [-0.2, -0.15) is 0 Å². The topological polar surface area (TPSA) is 68.0 Å². The van der Waals surface area contributed by atoms with Gasteiger partial charge >= 0.3 is 0 Å². The SMILES string of the molecule is CC(C)CC1(C(=O)Nc2ncc(N)cc2Br)CCCC1. The van der Waals surface area contributed by atoms with Gasteiger partial charge in [-0.3, -0.25) is 4.79 Å². The molecule has 2 rings (SSSR count). The zero-order chi connectivity index (χ0) is 14.8. The van der Waals surface area contributed by atoms with Crippen molar-refractivity contribution < 1.29 is 4.79 Å². The number of hydrogen-bond acceptors (Lipinski definition) is 3. The molecule has 0 atom stereocenters. The van der Waals surface area contributed by atoms with Crippen LogP contribution in [0, 0.1) is 11.3 Å². The summed E-state index contributed by atoms with van der Waals surface area (Å²) in [5.74, 6) is 1.17. The third-order valence-corrected chi connectivity index (χ3v) is 4.54. The van der Waals surface area contributed by atoms with Crippen molar-refractivity contribution >= 4 is 33.3 Å². The highest BCUT2D eigenvalue weighted by atomic mass is 79.9. The molecule has 0 radical (unpaired) electrons. The molecule has 110 valence electrons. The first kappa shape index (κ1) is 15.3. The van der Waals surface area contributed by atoms with Gasteiger partial charge in [-0.05, 0) is 47.2 Å². The van der Waals surface area contributed by atoms with Gasteiger partial charge in [-0.15, -0.1) is 0 Å². The number of anilines is 2. The summed E-state index contributed by atoms with van der Waals surface area (Å²) in [6, 6.07) is 1.76. The van der Waals surface area contributed by atoms with Crippen molar-refractivity contribution in [2.45, 2.75) is 46.0 Å². The molecule has 0 bridgehead atoms. The fourth-order valence-electron chi connectivity index (χ4n) is 3.14. The summed E-state index contributed by atoms with van der Waals surface area (Å²) in [7, 11) is 0. The molecule has 0 saturated heterocycles. The number of nitrogens with zero attached hydrogens (tertiary/aromatic N) is 1. The van der Waals surface area contributed by atoms with Gasteiger partial charge < -0.3 is 11.1 Å². The van der Waals surface area contributed by atoms with Crippen LogP contribution >= 0.6 is 15.9 Å². The molecule has 5 heteroatoms. The van der Waals surface area contributed by atoms with E-state index in [0.29, 0.717) is 17.4 Å². The van der Waals surface area contributed by atoms with Gasteiger partial charge in [0.25, 0.3) is 0 Å². The van der Waals surface area contributed by atoms with Gasteiger partial charge in [0.05, 0.1) is 16.4 Å². The maximum atomic E-state index is 12.7. The van der Waals surface area contributed by atoms with Crippen LogP contribution in [0.1, 0.15) is 46.0 Å². The molecule has 1 fully saturated rings. The molecule has 4 nitrogen and oxygen atoms in total. The van der Waals surface area contributed by atoms with E-state index < -0.39 is 0 Å². The van der Waals surface area contributed by atoms with E-state index in [0.717, 1.165) is 36.6 Å². The summed E-state index contributed by atoms with van der Waals surface area (Å²) >= 11 is 3.40. The van der Waals surface area contributed by atoms with Gasteiger partial charge in [0, 0.05) is 5.41 Å². The van der Waals surface area contributed by atoms with Crippen LogP contribution in [0.5, 0.6) is 0 Å². The number of aromatic nitrogens is 1. The maximum Gasteiger partial charge on any atom is 0.231 e. The largest absolute Gasteiger partial charge is 0.397 e. The Balaban J connectivity index is 2.16.